The highest BCUT2D eigenvalue weighted by atomic mass is 19.1. The van der Waals surface area contributed by atoms with Gasteiger partial charge in [0.25, 0.3) is 0 Å². The van der Waals surface area contributed by atoms with Crippen molar-refractivity contribution in [1.29, 1.82) is 0 Å². The van der Waals surface area contributed by atoms with Gasteiger partial charge in [-0.3, -0.25) is 4.99 Å². The number of benzene rings is 1. The standard InChI is InChI=1S/C23H38FN5O/c1-3-25-23(26-11-5-12-28-14-9-20(30)10-15-28)27-19-6-4-13-29(17-19)22-16-18(2)7-8-21(22)24/h7-8,16,19-20,30H,3-6,9-15,17H2,1-2H3,(H2,25,26,27). The number of likely N-dealkylation sites (tertiary alicyclic amines) is 1. The van der Waals surface area contributed by atoms with E-state index in [-0.39, 0.29) is 18.0 Å². The van der Waals surface area contributed by atoms with Crippen LogP contribution in [0.5, 0.6) is 0 Å². The number of rotatable bonds is 7. The van der Waals surface area contributed by atoms with Crippen LogP contribution in [0.4, 0.5) is 10.1 Å². The van der Waals surface area contributed by atoms with Crippen LogP contribution in [-0.4, -0.2) is 73.9 Å². The Kier molecular flexibility index (Phi) is 8.75. The molecule has 2 saturated heterocycles. The summed E-state index contributed by atoms with van der Waals surface area (Å²) in [5, 5.41) is 16.5. The first-order valence-electron chi connectivity index (χ1n) is 11.5. The molecule has 0 saturated carbocycles. The van der Waals surface area contributed by atoms with Crippen molar-refractivity contribution in [1.82, 2.24) is 15.5 Å². The van der Waals surface area contributed by atoms with Crippen LogP contribution < -0.4 is 15.5 Å². The second kappa shape index (κ2) is 11.5. The van der Waals surface area contributed by atoms with E-state index in [4.69, 9.17) is 4.99 Å². The van der Waals surface area contributed by atoms with Gasteiger partial charge in [-0.25, -0.2) is 4.39 Å². The number of hydrogen-bond donors (Lipinski definition) is 3. The van der Waals surface area contributed by atoms with Gasteiger partial charge in [0.2, 0.25) is 0 Å². The van der Waals surface area contributed by atoms with Crippen molar-refractivity contribution < 1.29 is 9.50 Å². The second-order valence-electron chi connectivity index (χ2n) is 8.57. The number of aliphatic imine (C=N–C) groups is 1. The molecule has 2 aliphatic heterocycles. The van der Waals surface area contributed by atoms with Gasteiger partial charge in [-0.1, -0.05) is 6.07 Å². The quantitative estimate of drug-likeness (QED) is 0.360. The van der Waals surface area contributed by atoms with Gasteiger partial charge in [0.1, 0.15) is 5.82 Å². The summed E-state index contributed by atoms with van der Waals surface area (Å²) >= 11 is 0. The average molecular weight is 420 g/mol. The minimum absolute atomic E-state index is 0.118. The number of aliphatic hydroxyl groups is 1. The zero-order chi connectivity index (χ0) is 21.3. The minimum Gasteiger partial charge on any atom is -0.393 e. The molecule has 2 heterocycles. The monoisotopic (exact) mass is 419 g/mol. The van der Waals surface area contributed by atoms with Gasteiger partial charge < -0.3 is 25.5 Å². The molecule has 0 aliphatic carbocycles. The number of piperidine rings is 2. The Bertz CT molecular complexity index is 690. The Morgan fingerprint density at radius 1 is 1.23 bits per heavy atom. The number of nitrogens with zero attached hydrogens (tertiary/aromatic N) is 3. The third kappa shape index (κ3) is 6.84. The summed E-state index contributed by atoms with van der Waals surface area (Å²) in [6.07, 6.45) is 4.75. The van der Waals surface area contributed by atoms with Crippen LogP contribution >= 0.6 is 0 Å². The maximum Gasteiger partial charge on any atom is 0.191 e. The Balaban J connectivity index is 1.49. The minimum atomic E-state index is -0.146. The summed E-state index contributed by atoms with van der Waals surface area (Å²) in [5.41, 5.74) is 1.79. The second-order valence-corrected chi connectivity index (χ2v) is 8.57. The number of guanidine groups is 1. The van der Waals surface area contributed by atoms with Crippen LogP contribution in [0.2, 0.25) is 0 Å². The number of nitrogens with one attached hydrogen (secondary N) is 2. The smallest absolute Gasteiger partial charge is 0.191 e. The van der Waals surface area contributed by atoms with Crippen LogP contribution in [0.1, 0.15) is 44.6 Å². The molecule has 0 radical (unpaired) electrons. The molecule has 30 heavy (non-hydrogen) atoms. The lowest BCUT2D eigenvalue weighted by molar-refractivity contribution is 0.0824. The van der Waals surface area contributed by atoms with Gasteiger partial charge in [-0.05, 0) is 70.2 Å². The average Bonchev–Trinajstić information content (AvgIpc) is 2.74. The van der Waals surface area contributed by atoms with Gasteiger partial charge in [-0.2, -0.15) is 0 Å². The number of halogens is 1. The van der Waals surface area contributed by atoms with E-state index in [1.165, 1.54) is 0 Å². The molecule has 1 aromatic carbocycles. The fourth-order valence-electron chi connectivity index (χ4n) is 4.32. The molecule has 2 aliphatic rings. The van der Waals surface area contributed by atoms with Crippen molar-refractivity contribution in [3.05, 3.63) is 29.6 Å². The number of anilines is 1. The maximum atomic E-state index is 14.3. The lowest BCUT2D eigenvalue weighted by Crippen LogP contribution is -2.51. The molecule has 3 rings (SSSR count). The molecule has 0 aromatic heterocycles. The highest BCUT2D eigenvalue weighted by molar-refractivity contribution is 5.80. The van der Waals surface area contributed by atoms with E-state index in [0.29, 0.717) is 5.69 Å². The maximum absolute atomic E-state index is 14.3. The van der Waals surface area contributed by atoms with Crippen molar-refractivity contribution in [2.75, 3.05) is 50.7 Å². The SMILES string of the molecule is CCNC(=NCCCN1CCC(O)CC1)NC1CCCN(c2cc(C)ccc2F)C1. The molecular formula is C23H38FN5O. The number of aliphatic hydroxyl groups excluding tert-OH is 1. The first-order chi connectivity index (χ1) is 14.5. The summed E-state index contributed by atoms with van der Waals surface area (Å²) in [4.78, 5) is 9.33. The van der Waals surface area contributed by atoms with Crippen molar-refractivity contribution in [2.24, 2.45) is 4.99 Å². The van der Waals surface area contributed by atoms with Gasteiger partial charge >= 0.3 is 0 Å². The third-order valence-electron chi connectivity index (χ3n) is 6.01. The molecule has 1 aromatic rings. The first kappa shape index (κ1) is 22.8. The van der Waals surface area contributed by atoms with Crippen LogP contribution in [0.3, 0.4) is 0 Å². The van der Waals surface area contributed by atoms with Gasteiger partial charge in [0.05, 0.1) is 11.8 Å². The molecule has 2 fully saturated rings. The predicted octanol–water partition coefficient (Wildman–Crippen LogP) is 2.50. The molecule has 1 atom stereocenters. The number of hydrogen-bond acceptors (Lipinski definition) is 4. The largest absolute Gasteiger partial charge is 0.393 e. The van der Waals surface area contributed by atoms with Gasteiger partial charge in [-0.15, -0.1) is 0 Å². The molecule has 0 bridgehead atoms. The summed E-state index contributed by atoms with van der Waals surface area (Å²) in [7, 11) is 0. The van der Waals surface area contributed by atoms with Crippen molar-refractivity contribution in [3.63, 3.8) is 0 Å². The van der Waals surface area contributed by atoms with E-state index >= 15 is 0 Å². The highest BCUT2D eigenvalue weighted by Crippen LogP contribution is 2.24. The van der Waals surface area contributed by atoms with Gasteiger partial charge in [0, 0.05) is 45.3 Å². The Labute approximate surface area is 180 Å². The predicted molar refractivity (Wildman–Crippen MR) is 122 cm³/mol. The molecule has 0 spiro atoms. The molecular weight excluding hydrogens is 381 g/mol. The van der Waals surface area contributed by atoms with Crippen molar-refractivity contribution in [3.8, 4) is 0 Å². The summed E-state index contributed by atoms with van der Waals surface area (Å²) in [6, 6.07) is 5.58. The zero-order valence-corrected chi connectivity index (χ0v) is 18.5. The lowest BCUT2D eigenvalue weighted by atomic mass is 10.0. The van der Waals surface area contributed by atoms with Crippen LogP contribution in [0, 0.1) is 12.7 Å². The topological polar surface area (TPSA) is 63.1 Å². The molecule has 7 heteroatoms. The molecule has 1 unspecified atom stereocenters. The summed E-state index contributed by atoms with van der Waals surface area (Å²) in [5.74, 6) is 0.704. The lowest BCUT2D eigenvalue weighted by Gasteiger charge is -2.35. The zero-order valence-electron chi connectivity index (χ0n) is 18.5. The Morgan fingerprint density at radius 3 is 2.80 bits per heavy atom. The van der Waals surface area contributed by atoms with E-state index in [2.05, 4.69) is 27.4 Å². The fraction of sp³-hybridized carbons (Fsp3) is 0.696. The molecule has 6 nitrogen and oxygen atoms in total. The van der Waals surface area contributed by atoms with E-state index in [1.54, 1.807) is 6.07 Å². The van der Waals surface area contributed by atoms with E-state index in [0.717, 1.165) is 89.4 Å². The third-order valence-corrected chi connectivity index (χ3v) is 6.01. The van der Waals surface area contributed by atoms with Crippen molar-refractivity contribution >= 4 is 11.6 Å². The van der Waals surface area contributed by atoms with Gasteiger partial charge in [0.15, 0.2) is 5.96 Å². The van der Waals surface area contributed by atoms with E-state index < -0.39 is 0 Å². The fourth-order valence-corrected chi connectivity index (χ4v) is 4.32. The highest BCUT2D eigenvalue weighted by Gasteiger charge is 2.23. The summed E-state index contributed by atoms with van der Waals surface area (Å²) < 4.78 is 14.3. The van der Waals surface area contributed by atoms with Crippen LogP contribution in [0.15, 0.2) is 23.2 Å². The van der Waals surface area contributed by atoms with Crippen LogP contribution in [0.25, 0.3) is 0 Å². The first-order valence-corrected chi connectivity index (χ1v) is 11.5. The Morgan fingerprint density at radius 2 is 2.03 bits per heavy atom. The normalized spacial score (nSPS) is 21.7. The molecule has 0 amide bonds. The van der Waals surface area contributed by atoms with Crippen LogP contribution in [-0.2, 0) is 0 Å². The van der Waals surface area contributed by atoms with E-state index in [1.807, 2.05) is 19.1 Å². The molecule has 3 N–H and O–H groups in total. The van der Waals surface area contributed by atoms with E-state index in [9.17, 15) is 9.50 Å². The van der Waals surface area contributed by atoms with Crippen molar-refractivity contribution in [2.45, 2.75) is 58.1 Å². The summed E-state index contributed by atoms with van der Waals surface area (Å²) in [6.45, 7) is 10.3. The molecule has 168 valence electrons. The Hall–Kier alpha value is -1.86. The number of aryl methyl sites for hydroxylation is 1.